The second-order valence-corrected chi connectivity index (χ2v) is 6.61. The number of para-hydroxylation sites is 2. The summed E-state index contributed by atoms with van der Waals surface area (Å²) in [6.45, 7) is 4.85. The first kappa shape index (κ1) is 17.4. The molecule has 1 N–H and O–H groups in total. The lowest BCUT2D eigenvalue weighted by atomic mass is 10.1. The predicted molar refractivity (Wildman–Crippen MR) is 111 cm³/mol. The van der Waals surface area contributed by atoms with Crippen LogP contribution in [0.15, 0.2) is 64.1 Å². The zero-order valence-corrected chi connectivity index (χ0v) is 15.9. The normalized spacial score (nSPS) is 11.5. The number of benzene rings is 2. The second-order valence-electron chi connectivity index (χ2n) is 6.20. The quantitative estimate of drug-likeness (QED) is 0.356. The van der Waals surface area contributed by atoms with Crippen molar-refractivity contribution in [3.8, 4) is 11.3 Å². The maximum atomic E-state index is 6.20. The number of fused-ring (bicyclic) bond motifs is 1. The fourth-order valence-electron chi connectivity index (χ4n) is 2.96. The number of imidazole rings is 1. The van der Waals surface area contributed by atoms with E-state index in [1.54, 1.807) is 6.21 Å². The van der Waals surface area contributed by atoms with E-state index in [2.05, 4.69) is 27.0 Å². The second kappa shape index (κ2) is 7.29. The van der Waals surface area contributed by atoms with Crippen LogP contribution in [0.2, 0.25) is 5.02 Å². The number of rotatable bonds is 5. The van der Waals surface area contributed by atoms with E-state index in [1.165, 1.54) is 0 Å². The number of furan rings is 1. The molecule has 0 spiro atoms. The van der Waals surface area contributed by atoms with Gasteiger partial charge in [0.05, 0.1) is 17.2 Å². The topological polar surface area (TPSA) is 55.4 Å². The monoisotopic (exact) mass is 378 g/mol. The van der Waals surface area contributed by atoms with Crippen LogP contribution in [0.1, 0.15) is 18.2 Å². The number of halogens is 1. The Morgan fingerprint density at radius 2 is 2.04 bits per heavy atom. The molecule has 0 aliphatic carbocycles. The lowest BCUT2D eigenvalue weighted by Crippen LogP contribution is -2.01. The first-order valence-electron chi connectivity index (χ1n) is 8.76. The molecule has 0 aliphatic heterocycles. The van der Waals surface area contributed by atoms with Crippen LogP contribution in [0.3, 0.4) is 0 Å². The Labute approximate surface area is 162 Å². The van der Waals surface area contributed by atoms with Crippen molar-refractivity contribution in [2.45, 2.75) is 20.4 Å². The van der Waals surface area contributed by atoms with Crippen molar-refractivity contribution in [1.29, 1.82) is 0 Å². The molecule has 0 saturated carbocycles. The van der Waals surface area contributed by atoms with Crippen molar-refractivity contribution in [1.82, 2.24) is 9.55 Å². The minimum Gasteiger partial charge on any atom is -0.455 e. The van der Waals surface area contributed by atoms with Crippen LogP contribution >= 0.6 is 11.6 Å². The fraction of sp³-hybridized carbons (Fsp3) is 0.143. The van der Waals surface area contributed by atoms with Gasteiger partial charge in [-0.3, -0.25) is 0 Å². The molecule has 0 amide bonds. The Morgan fingerprint density at radius 1 is 1.19 bits per heavy atom. The van der Waals surface area contributed by atoms with Gasteiger partial charge >= 0.3 is 0 Å². The van der Waals surface area contributed by atoms with Crippen molar-refractivity contribution in [3.63, 3.8) is 0 Å². The molecule has 2 heterocycles. The molecule has 4 rings (SSSR count). The summed E-state index contributed by atoms with van der Waals surface area (Å²) >= 11 is 6.20. The van der Waals surface area contributed by atoms with Crippen LogP contribution in [0, 0.1) is 6.92 Å². The van der Waals surface area contributed by atoms with E-state index in [0.717, 1.165) is 39.5 Å². The summed E-state index contributed by atoms with van der Waals surface area (Å²) in [6.07, 6.45) is 1.64. The number of hydrazone groups is 1. The minimum absolute atomic E-state index is 0.647. The molecule has 0 unspecified atom stereocenters. The molecular formula is C21H19ClN4O. The van der Waals surface area contributed by atoms with Crippen molar-refractivity contribution >= 4 is 34.8 Å². The van der Waals surface area contributed by atoms with E-state index in [1.807, 2.05) is 61.5 Å². The third-order valence-corrected chi connectivity index (χ3v) is 4.82. The maximum Gasteiger partial charge on any atom is 0.224 e. The van der Waals surface area contributed by atoms with Gasteiger partial charge < -0.3 is 8.98 Å². The molecule has 5 nitrogen and oxygen atoms in total. The first-order valence-corrected chi connectivity index (χ1v) is 9.14. The summed E-state index contributed by atoms with van der Waals surface area (Å²) in [5, 5.41) is 5.00. The van der Waals surface area contributed by atoms with E-state index in [0.29, 0.717) is 11.7 Å². The Kier molecular flexibility index (Phi) is 4.69. The van der Waals surface area contributed by atoms with Gasteiger partial charge in [0, 0.05) is 17.1 Å². The standard InChI is InChI=1S/C21H19ClN4O/c1-3-26-19-7-5-4-6-18(19)24-21(26)25-23-13-16-10-11-20(27-16)15-9-8-14(2)17(22)12-15/h4-13H,3H2,1-2H3,(H,24,25)/b23-13-. The smallest absolute Gasteiger partial charge is 0.224 e. The van der Waals surface area contributed by atoms with Gasteiger partial charge in [0.25, 0.3) is 0 Å². The number of hydrogen-bond donors (Lipinski definition) is 1. The molecule has 0 radical (unpaired) electrons. The van der Waals surface area contributed by atoms with Gasteiger partial charge in [-0.2, -0.15) is 5.10 Å². The van der Waals surface area contributed by atoms with Crippen LogP contribution in [0.25, 0.3) is 22.4 Å². The van der Waals surface area contributed by atoms with Gasteiger partial charge in [-0.25, -0.2) is 10.4 Å². The average Bonchev–Trinajstić information content (AvgIpc) is 3.28. The van der Waals surface area contributed by atoms with Crippen molar-refractivity contribution in [3.05, 3.63) is 70.9 Å². The Balaban J connectivity index is 1.53. The van der Waals surface area contributed by atoms with E-state index >= 15 is 0 Å². The largest absolute Gasteiger partial charge is 0.455 e. The van der Waals surface area contributed by atoms with Gasteiger partial charge in [-0.1, -0.05) is 35.9 Å². The van der Waals surface area contributed by atoms with Crippen molar-refractivity contribution < 1.29 is 4.42 Å². The third-order valence-electron chi connectivity index (χ3n) is 4.41. The number of aryl methyl sites for hydroxylation is 2. The van der Waals surface area contributed by atoms with Crippen LogP contribution in [0.4, 0.5) is 5.95 Å². The van der Waals surface area contributed by atoms with E-state index in [4.69, 9.17) is 16.0 Å². The number of nitrogens with zero attached hydrogens (tertiary/aromatic N) is 3. The molecule has 0 atom stereocenters. The van der Waals surface area contributed by atoms with Gasteiger partial charge in [0.1, 0.15) is 11.5 Å². The molecule has 0 fully saturated rings. The molecule has 0 saturated heterocycles. The first-order chi connectivity index (χ1) is 13.2. The zero-order valence-electron chi connectivity index (χ0n) is 15.1. The maximum absolute atomic E-state index is 6.20. The lowest BCUT2D eigenvalue weighted by molar-refractivity contribution is 0.575. The van der Waals surface area contributed by atoms with Crippen LogP contribution in [-0.4, -0.2) is 15.8 Å². The van der Waals surface area contributed by atoms with Crippen molar-refractivity contribution in [2.24, 2.45) is 5.10 Å². The molecule has 4 aromatic rings. The highest BCUT2D eigenvalue weighted by Crippen LogP contribution is 2.26. The molecule has 136 valence electrons. The van der Waals surface area contributed by atoms with Gasteiger partial charge in [0.15, 0.2) is 0 Å². The predicted octanol–water partition coefficient (Wildman–Crippen LogP) is 5.72. The number of aromatic nitrogens is 2. The summed E-state index contributed by atoms with van der Waals surface area (Å²) in [6, 6.07) is 17.7. The summed E-state index contributed by atoms with van der Waals surface area (Å²) in [5.41, 5.74) is 7.00. The number of hydrogen-bond acceptors (Lipinski definition) is 4. The zero-order chi connectivity index (χ0) is 18.8. The van der Waals surface area contributed by atoms with Gasteiger partial charge in [-0.05, 0) is 49.7 Å². The SMILES string of the molecule is CCn1c(N/N=C\c2ccc(-c3ccc(C)c(Cl)c3)o2)nc2ccccc21. The summed E-state index contributed by atoms with van der Waals surface area (Å²) in [5.74, 6) is 2.10. The molecule has 0 aliphatic rings. The van der Waals surface area contributed by atoms with Crippen LogP contribution in [-0.2, 0) is 6.54 Å². The summed E-state index contributed by atoms with van der Waals surface area (Å²) in [4.78, 5) is 4.58. The molecule has 27 heavy (non-hydrogen) atoms. The minimum atomic E-state index is 0.647. The van der Waals surface area contributed by atoms with Crippen LogP contribution in [0.5, 0.6) is 0 Å². The number of anilines is 1. The van der Waals surface area contributed by atoms with E-state index in [9.17, 15) is 0 Å². The molecule has 6 heteroatoms. The highest BCUT2D eigenvalue weighted by Gasteiger charge is 2.08. The molecular weight excluding hydrogens is 360 g/mol. The fourth-order valence-corrected chi connectivity index (χ4v) is 3.14. The lowest BCUT2D eigenvalue weighted by Gasteiger charge is -2.04. The van der Waals surface area contributed by atoms with Crippen molar-refractivity contribution in [2.75, 3.05) is 5.43 Å². The Morgan fingerprint density at radius 3 is 2.85 bits per heavy atom. The molecule has 2 aromatic carbocycles. The van der Waals surface area contributed by atoms with E-state index < -0.39 is 0 Å². The van der Waals surface area contributed by atoms with E-state index in [-0.39, 0.29) is 0 Å². The Bertz CT molecular complexity index is 1130. The average molecular weight is 379 g/mol. The molecule has 0 bridgehead atoms. The third kappa shape index (κ3) is 3.46. The summed E-state index contributed by atoms with van der Waals surface area (Å²) in [7, 11) is 0. The van der Waals surface area contributed by atoms with Crippen LogP contribution < -0.4 is 5.43 Å². The summed E-state index contributed by atoms with van der Waals surface area (Å²) < 4.78 is 7.92. The highest BCUT2D eigenvalue weighted by molar-refractivity contribution is 6.31. The van der Waals surface area contributed by atoms with Gasteiger partial charge in [-0.15, -0.1) is 0 Å². The number of nitrogens with one attached hydrogen (secondary N) is 1. The Hall–Kier alpha value is -3.05. The van der Waals surface area contributed by atoms with Gasteiger partial charge in [0.2, 0.25) is 5.95 Å². The molecule has 2 aromatic heterocycles. The highest BCUT2D eigenvalue weighted by atomic mass is 35.5.